The smallest absolute Gasteiger partial charge is 0.272 e. The van der Waals surface area contributed by atoms with Gasteiger partial charge < -0.3 is 9.88 Å². The molecule has 0 bridgehead atoms. The van der Waals surface area contributed by atoms with Crippen molar-refractivity contribution in [1.29, 1.82) is 0 Å². The van der Waals surface area contributed by atoms with E-state index in [2.05, 4.69) is 15.5 Å². The second kappa shape index (κ2) is 5.24. The van der Waals surface area contributed by atoms with E-state index in [0.29, 0.717) is 17.3 Å². The summed E-state index contributed by atoms with van der Waals surface area (Å²) >= 11 is 0. The van der Waals surface area contributed by atoms with Crippen LogP contribution < -0.4 is 10.9 Å². The third kappa shape index (κ3) is 2.43. The molecule has 1 aromatic carbocycles. The molecule has 1 amide bonds. The van der Waals surface area contributed by atoms with E-state index < -0.39 is 0 Å². The zero-order valence-electron chi connectivity index (χ0n) is 11.5. The van der Waals surface area contributed by atoms with E-state index >= 15 is 0 Å². The van der Waals surface area contributed by atoms with Crippen molar-refractivity contribution < 1.29 is 4.79 Å². The summed E-state index contributed by atoms with van der Waals surface area (Å²) in [6.45, 7) is 0.400. The highest BCUT2D eigenvalue weighted by Gasteiger charge is 2.13. The van der Waals surface area contributed by atoms with Crippen LogP contribution in [0.4, 0.5) is 0 Å². The van der Waals surface area contributed by atoms with Crippen LogP contribution in [0.1, 0.15) is 16.2 Å². The molecule has 106 valence electrons. The standard InChI is InChI=1S/C15H14N4O2/c1-19-8-4-5-10(19)9-16-15(21)13-11-6-2-3-7-12(11)14(20)18-17-13/h2-8H,9H2,1H3,(H,16,21)(H,18,20). The molecule has 2 N–H and O–H groups in total. The zero-order chi connectivity index (χ0) is 14.8. The first kappa shape index (κ1) is 13.1. The Bertz CT molecular complexity index is 863. The second-order valence-corrected chi connectivity index (χ2v) is 4.74. The van der Waals surface area contributed by atoms with Gasteiger partial charge in [-0.3, -0.25) is 9.59 Å². The minimum Gasteiger partial charge on any atom is -0.353 e. The lowest BCUT2D eigenvalue weighted by atomic mass is 10.1. The molecule has 0 aliphatic rings. The molecular formula is C15H14N4O2. The first-order valence-electron chi connectivity index (χ1n) is 6.52. The molecule has 0 saturated carbocycles. The molecule has 21 heavy (non-hydrogen) atoms. The summed E-state index contributed by atoms with van der Waals surface area (Å²) in [4.78, 5) is 24.0. The average Bonchev–Trinajstić information content (AvgIpc) is 2.91. The van der Waals surface area contributed by atoms with Crippen molar-refractivity contribution in [2.45, 2.75) is 6.54 Å². The molecule has 0 saturated heterocycles. The fourth-order valence-corrected chi connectivity index (χ4v) is 2.22. The third-order valence-corrected chi connectivity index (χ3v) is 3.39. The molecule has 0 radical (unpaired) electrons. The van der Waals surface area contributed by atoms with Crippen molar-refractivity contribution in [2.75, 3.05) is 0 Å². The third-order valence-electron chi connectivity index (χ3n) is 3.39. The molecule has 0 fully saturated rings. The van der Waals surface area contributed by atoms with Gasteiger partial charge in [0.2, 0.25) is 0 Å². The predicted molar refractivity (Wildman–Crippen MR) is 78.9 cm³/mol. The van der Waals surface area contributed by atoms with Crippen LogP contribution in [-0.4, -0.2) is 20.7 Å². The van der Waals surface area contributed by atoms with E-state index in [1.54, 1.807) is 24.3 Å². The Morgan fingerprint density at radius 2 is 2.00 bits per heavy atom. The Kier molecular flexibility index (Phi) is 3.27. The van der Waals surface area contributed by atoms with Gasteiger partial charge in [0.15, 0.2) is 5.69 Å². The molecule has 2 aromatic heterocycles. The number of amides is 1. The highest BCUT2D eigenvalue weighted by atomic mass is 16.2. The van der Waals surface area contributed by atoms with E-state index in [1.165, 1.54) is 0 Å². The van der Waals surface area contributed by atoms with Crippen molar-refractivity contribution in [3.05, 3.63) is 64.3 Å². The largest absolute Gasteiger partial charge is 0.353 e. The van der Waals surface area contributed by atoms with Gasteiger partial charge in [-0.25, -0.2) is 5.10 Å². The summed E-state index contributed by atoms with van der Waals surface area (Å²) in [5.74, 6) is -0.316. The van der Waals surface area contributed by atoms with Gasteiger partial charge in [0.05, 0.1) is 11.9 Å². The van der Waals surface area contributed by atoms with E-state index in [9.17, 15) is 9.59 Å². The molecule has 0 aliphatic carbocycles. The molecule has 6 heteroatoms. The van der Waals surface area contributed by atoms with Crippen molar-refractivity contribution in [3.8, 4) is 0 Å². The molecule has 6 nitrogen and oxygen atoms in total. The monoisotopic (exact) mass is 282 g/mol. The fraction of sp³-hybridized carbons (Fsp3) is 0.133. The molecule has 0 atom stereocenters. The van der Waals surface area contributed by atoms with Crippen LogP contribution in [0, 0.1) is 0 Å². The first-order chi connectivity index (χ1) is 10.2. The van der Waals surface area contributed by atoms with Crippen LogP contribution in [0.25, 0.3) is 10.8 Å². The molecule has 0 spiro atoms. The number of carbonyl (C=O) groups is 1. The average molecular weight is 282 g/mol. The van der Waals surface area contributed by atoms with E-state index in [1.807, 2.05) is 29.9 Å². The van der Waals surface area contributed by atoms with Gasteiger partial charge in [-0.15, -0.1) is 0 Å². The number of aromatic amines is 1. The molecule has 3 aromatic rings. The van der Waals surface area contributed by atoms with Crippen LogP contribution >= 0.6 is 0 Å². The Balaban J connectivity index is 1.90. The van der Waals surface area contributed by atoms with Crippen LogP contribution in [0.15, 0.2) is 47.4 Å². The second-order valence-electron chi connectivity index (χ2n) is 4.74. The highest BCUT2D eigenvalue weighted by molar-refractivity contribution is 6.04. The lowest BCUT2D eigenvalue weighted by molar-refractivity contribution is 0.0946. The Morgan fingerprint density at radius 1 is 1.24 bits per heavy atom. The maximum absolute atomic E-state index is 12.3. The summed E-state index contributed by atoms with van der Waals surface area (Å²) < 4.78 is 1.93. The molecule has 0 aliphatic heterocycles. The summed E-state index contributed by atoms with van der Waals surface area (Å²) in [5, 5.41) is 10.0. The SMILES string of the molecule is Cn1cccc1CNC(=O)c1n[nH]c(=O)c2ccccc12. The summed E-state index contributed by atoms with van der Waals surface area (Å²) in [6.07, 6.45) is 1.91. The number of hydrogen-bond acceptors (Lipinski definition) is 3. The summed E-state index contributed by atoms with van der Waals surface area (Å²) in [5.41, 5.74) is 0.904. The molecule has 2 heterocycles. The van der Waals surface area contributed by atoms with Crippen molar-refractivity contribution >= 4 is 16.7 Å². The summed E-state index contributed by atoms with van der Waals surface area (Å²) in [6, 6.07) is 10.8. The van der Waals surface area contributed by atoms with Gasteiger partial charge in [0.25, 0.3) is 11.5 Å². The van der Waals surface area contributed by atoms with Gasteiger partial charge in [0.1, 0.15) is 0 Å². The Labute approximate surface area is 120 Å². The summed E-state index contributed by atoms with van der Waals surface area (Å²) in [7, 11) is 1.91. The quantitative estimate of drug-likeness (QED) is 0.757. The van der Waals surface area contributed by atoms with Crippen molar-refractivity contribution in [3.63, 3.8) is 0 Å². The number of rotatable bonds is 3. The number of fused-ring (bicyclic) bond motifs is 1. The lowest BCUT2D eigenvalue weighted by Crippen LogP contribution is -2.26. The maximum Gasteiger partial charge on any atom is 0.272 e. The fourth-order valence-electron chi connectivity index (χ4n) is 2.22. The number of H-pyrrole nitrogens is 1. The minimum atomic E-state index is -0.316. The maximum atomic E-state index is 12.3. The Hall–Kier alpha value is -2.89. The number of nitrogens with zero attached hydrogens (tertiary/aromatic N) is 2. The van der Waals surface area contributed by atoms with Crippen molar-refractivity contribution in [2.24, 2.45) is 7.05 Å². The predicted octanol–water partition coefficient (Wildman–Crippen LogP) is 1.19. The van der Waals surface area contributed by atoms with Gasteiger partial charge in [0, 0.05) is 24.3 Å². The van der Waals surface area contributed by atoms with Crippen LogP contribution in [-0.2, 0) is 13.6 Å². The molecule has 3 rings (SSSR count). The zero-order valence-corrected chi connectivity index (χ0v) is 11.5. The normalized spacial score (nSPS) is 10.7. The number of aromatic nitrogens is 3. The van der Waals surface area contributed by atoms with Gasteiger partial charge in [-0.2, -0.15) is 5.10 Å². The van der Waals surface area contributed by atoms with Gasteiger partial charge >= 0.3 is 0 Å². The van der Waals surface area contributed by atoms with Crippen LogP contribution in [0.2, 0.25) is 0 Å². The van der Waals surface area contributed by atoms with Crippen molar-refractivity contribution in [1.82, 2.24) is 20.1 Å². The topological polar surface area (TPSA) is 79.8 Å². The number of benzene rings is 1. The van der Waals surface area contributed by atoms with E-state index in [0.717, 1.165) is 5.69 Å². The van der Waals surface area contributed by atoms with Crippen LogP contribution in [0.5, 0.6) is 0 Å². The number of hydrogen-bond donors (Lipinski definition) is 2. The van der Waals surface area contributed by atoms with Crippen LogP contribution in [0.3, 0.4) is 0 Å². The number of nitrogens with one attached hydrogen (secondary N) is 2. The number of aryl methyl sites for hydroxylation is 1. The van der Waals surface area contributed by atoms with Gasteiger partial charge in [-0.05, 0) is 18.2 Å². The van der Waals surface area contributed by atoms with Gasteiger partial charge in [-0.1, -0.05) is 18.2 Å². The first-order valence-corrected chi connectivity index (χ1v) is 6.52. The Morgan fingerprint density at radius 3 is 2.71 bits per heavy atom. The van der Waals surface area contributed by atoms with E-state index in [-0.39, 0.29) is 17.2 Å². The lowest BCUT2D eigenvalue weighted by Gasteiger charge is -2.07. The molecular weight excluding hydrogens is 268 g/mol. The van der Waals surface area contributed by atoms with E-state index in [4.69, 9.17) is 0 Å². The molecule has 0 unspecified atom stereocenters. The number of carbonyl (C=O) groups excluding carboxylic acids is 1. The minimum absolute atomic E-state index is 0.222. The highest BCUT2D eigenvalue weighted by Crippen LogP contribution is 2.12.